The second-order valence-electron chi connectivity index (χ2n) is 6.72. The van der Waals surface area contributed by atoms with Gasteiger partial charge in [0.05, 0.1) is 23.0 Å². The fourth-order valence-electron chi connectivity index (χ4n) is 3.14. The van der Waals surface area contributed by atoms with E-state index < -0.39 is 4.92 Å². The fraction of sp³-hybridized carbons (Fsp3) is 0.136. The van der Waals surface area contributed by atoms with Crippen LogP contribution in [0.4, 0.5) is 5.69 Å². The van der Waals surface area contributed by atoms with Crippen LogP contribution in [0.1, 0.15) is 6.42 Å². The molecule has 0 unspecified atom stereocenters. The van der Waals surface area contributed by atoms with Gasteiger partial charge in [-0.2, -0.15) is 9.97 Å². The SMILES string of the molecule is C=CCCOCn1cc(-c2cccnc2)c2c(Oc3cccc([N+](=O)[O-])c3)nc(Cl)nc21. The maximum atomic E-state index is 11.1. The van der Waals surface area contributed by atoms with Crippen LogP contribution in [0.25, 0.3) is 22.2 Å². The molecule has 0 aliphatic rings. The van der Waals surface area contributed by atoms with E-state index in [1.54, 1.807) is 29.1 Å². The molecule has 0 bridgehead atoms. The number of nitro benzene ring substituents is 1. The summed E-state index contributed by atoms with van der Waals surface area (Å²) in [6.07, 6.45) is 7.74. The van der Waals surface area contributed by atoms with Crippen molar-refractivity contribution in [2.75, 3.05) is 6.61 Å². The van der Waals surface area contributed by atoms with E-state index in [9.17, 15) is 10.1 Å². The Morgan fingerprint density at radius 1 is 1.25 bits per heavy atom. The van der Waals surface area contributed by atoms with Crippen LogP contribution in [-0.4, -0.2) is 31.0 Å². The average Bonchev–Trinajstić information content (AvgIpc) is 3.16. The fourth-order valence-corrected chi connectivity index (χ4v) is 3.30. The third-order valence-electron chi connectivity index (χ3n) is 4.57. The zero-order chi connectivity index (χ0) is 22.5. The van der Waals surface area contributed by atoms with Crippen LogP contribution in [0, 0.1) is 10.1 Å². The van der Waals surface area contributed by atoms with Gasteiger partial charge >= 0.3 is 0 Å². The van der Waals surface area contributed by atoms with E-state index in [0.29, 0.717) is 24.1 Å². The van der Waals surface area contributed by atoms with Crippen molar-refractivity contribution in [2.45, 2.75) is 13.2 Å². The Bertz CT molecular complexity index is 1280. The van der Waals surface area contributed by atoms with Crippen LogP contribution in [0.15, 0.2) is 67.6 Å². The van der Waals surface area contributed by atoms with Gasteiger partial charge in [-0.25, -0.2) is 0 Å². The molecule has 0 radical (unpaired) electrons. The number of halogens is 1. The third kappa shape index (κ3) is 4.58. The van der Waals surface area contributed by atoms with Gasteiger partial charge in [0.15, 0.2) is 5.65 Å². The zero-order valence-electron chi connectivity index (χ0n) is 16.8. The Morgan fingerprint density at radius 3 is 2.88 bits per heavy atom. The Labute approximate surface area is 188 Å². The predicted octanol–water partition coefficient (Wildman–Crippen LogP) is 5.40. The van der Waals surface area contributed by atoms with Crippen molar-refractivity contribution in [3.63, 3.8) is 0 Å². The molecule has 0 saturated carbocycles. The molecule has 0 spiro atoms. The zero-order valence-corrected chi connectivity index (χ0v) is 17.6. The molecular weight excluding hydrogens is 434 g/mol. The van der Waals surface area contributed by atoms with Crippen molar-refractivity contribution >= 4 is 28.3 Å². The van der Waals surface area contributed by atoms with Gasteiger partial charge in [0, 0.05) is 35.8 Å². The Balaban J connectivity index is 1.83. The first-order chi connectivity index (χ1) is 15.6. The van der Waals surface area contributed by atoms with Crippen LogP contribution in [0.5, 0.6) is 11.6 Å². The number of ether oxygens (including phenoxy) is 2. The van der Waals surface area contributed by atoms with E-state index >= 15 is 0 Å². The van der Waals surface area contributed by atoms with Gasteiger partial charge in [-0.05, 0) is 30.2 Å². The van der Waals surface area contributed by atoms with Crippen molar-refractivity contribution in [2.24, 2.45) is 0 Å². The summed E-state index contributed by atoms with van der Waals surface area (Å²) in [5, 5.41) is 11.7. The molecule has 0 atom stereocenters. The highest BCUT2D eigenvalue weighted by molar-refractivity contribution is 6.28. The number of pyridine rings is 1. The average molecular weight is 452 g/mol. The molecule has 1 aromatic carbocycles. The van der Waals surface area contributed by atoms with E-state index in [1.807, 2.05) is 18.3 Å². The first-order valence-electron chi connectivity index (χ1n) is 9.64. The van der Waals surface area contributed by atoms with Crippen LogP contribution in [0.2, 0.25) is 5.28 Å². The van der Waals surface area contributed by atoms with Crippen LogP contribution in [0.3, 0.4) is 0 Å². The van der Waals surface area contributed by atoms with Gasteiger partial charge in [-0.3, -0.25) is 15.1 Å². The van der Waals surface area contributed by atoms with E-state index in [-0.39, 0.29) is 29.3 Å². The van der Waals surface area contributed by atoms with E-state index in [1.165, 1.54) is 18.2 Å². The summed E-state index contributed by atoms with van der Waals surface area (Å²) in [5.41, 5.74) is 1.98. The maximum absolute atomic E-state index is 11.1. The Kier molecular flexibility index (Phi) is 6.39. The van der Waals surface area contributed by atoms with Gasteiger partial charge in [0.1, 0.15) is 12.5 Å². The number of nitrogens with zero attached hydrogens (tertiary/aromatic N) is 5. The molecule has 4 rings (SSSR count). The van der Waals surface area contributed by atoms with E-state index in [4.69, 9.17) is 21.1 Å². The first-order valence-corrected chi connectivity index (χ1v) is 10.0. The molecule has 0 saturated heterocycles. The molecule has 4 aromatic rings. The van der Waals surface area contributed by atoms with Crippen molar-refractivity contribution in [1.29, 1.82) is 0 Å². The molecule has 9 nitrogen and oxygen atoms in total. The number of nitro groups is 1. The summed E-state index contributed by atoms with van der Waals surface area (Å²) in [6.45, 7) is 4.42. The minimum atomic E-state index is -0.493. The van der Waals surface area contributed by atoms with Crippen LogP contribution < -0.4 is 4.74 Å². The van der Waals surface area contributed by atoms with Crippen molar-refractivity contribution < 1.29 is 14.4 Å². The smallest absolute Gasteiger partial charge is 0.273 e. The standard InChI is InChI=1S/C22H18ClN5O4/c1-2-3-10-31-14-27-13-18(15-6-5-9-24-12-15)19-20(27)25-22(23)26-21(19)32-17-8-4-7-16(11-17)28(29)30/h2,4-9,11-13H,1,3,10,14H2. The number of rotatable bonds is 9. The van der Waals surface area contributed by atoms with E-state index in [0.717, 1.165) is 11.1 Å². The maximum Gasteiger partial charge on any atom is 0.273 e. The monoisotopic (exact) mass is 451 g/mol. The van der Waals surface area contributed by atoms with E-state index in [2.05, 4.69) is 21.5 Å². The molecule has 32 heavy (non-hydrogen) atoms. The molecular formula is C22H18ClN5O4. The lowest BCUT2D eigenvalue weighted by Crippen LogP contribution is -2.03. The minimum Gasteiger partial charge on any atom is -0.438 e. The minimum absolute atomic E-state index is 0.0268. The molecule has 0 amide bonds. The third-order valence-corrected chi connectivity index (χ3v) is 4.74. The largest absolute Gasteiger partial charge is 0.438 e. The summed E-state index contributed by atoms with van der Waals surface area (Å²) in [4.78, 5) is 23.5. The number of hydrogen-bond donors (Lipinski definition) is 0. The number of hydrogen-bond acceptors (Lipinski definition) is 7. The highest BCUT2D eigenvalue weighted by Crippen LogP contribution is 2.38. The van der Waals surface area contributed by atoms with Gasteiger partial charge in [0.25, 0.3) is 5.69 Å². The lowest BCUT2D eigenvalue weighted by molar-refractivity contribution is -0.384. The van der Waals surface area contributed by atoms with Crippen molar-refractivity contribution in [3.8, 4) is 22.8 Å². The number of benzene rings is 1. The summed E-state index contributed by atoms with van der Waals surface area (Å²) < 4.78 is 13.5. The molecule has 162 valence electrons. The predicted molar refractivity (Wildman–Crippen MR) is 120 cm³/mol. The molecule has 3 heterocycles. The van der Waals surface area contributed by atoms with Gasteiger partial charge in [0.2, 0.25) is 11.2 Å². The molecule has 0 fully saturated rings. The van der Waals surface area contributed by atoms with Crippen molar-refractivity contribution in [1.82, 2.24) is 19.5 Å². The summed E-state index contributed by atoms with van der Waals surface area (Å²) in [6, 6.07) is 9.56. The number of fused-ring (bicyclic) bond motifs is 1. The molecule has 3 aromatic heterocycles. The summed E-state index contributed by atoms with van der Waals surface area (Å²) >= 11 is 6.19. The number of aromatic nitrogens is 4. The van der Waals surface area contributed by atoms with Crippen LogP contribution >= 0.6 is 11.6 Å². The molecule has 0 aliphatic heterocycles. The second kappa shape index (κ2) is 9.54. The topological polar surface area (TPSA) is 105 Å². The lowest BCUT2D eigenvalue weighted by atomic mass is 10.1. The quantitative estimate of drug-likeness (QED) is 0.110. The molecule has 10 heteroatoms. The highest BCUT2D eigenvalue weighted by atomic mass is 35.5. The first kappa shape index (κ1) is 21.4. The summed E-state index contributed by atoms with van der Waals surface area (Å²) in [5.74, 6) is 0.423. The molecule has 0 aliphatic carbocycles. The van der Waals surface area contributed by atoms with Crippen molar-refractivity contribution in [3.05, 3.63) is 83.0 Å². The van der Waals surface area contributed by atoms with Gasteiger partial charge in [-0.15, -0.1) is 6.58 Å². The Hall–Kier alpha value is -3.82. The van der Waals surface area contributed by atoms with Gasteiger partial charge in [-0.1, -0.05) is 18.2 Å². The number of non-ortho nitro benzene ring substituents is 1. The summed E-state index contributed by atoms with van der Waals surface area (Å²) in [7, 11) is 0. The lowest BCUT2D eigenvalue weighted by Gasteiger charge is -2.09. The van der Waals surface area contributed by atoms with Crippen LogP contribution in [-0.2, 0) is 11.5 Å². The highest BCUT2D eigenvalue weighted by Gasteiger charge is 2.20. The van der Waals surface area contributed by atoms with Gasteiger partial charge < -0.3 is 14.0 Å². The normalized spacial score (nSPS) is 10.9. The Morgan fingerprint density at radius 2 is 2.12 bits per heavy atom. The molecule has 0 N–H and O–H groups in total. The second-order valence-corrected chi connectivity index (χ2v) is 7.06.